The van der Waals surface area contributed by atoms with E-state index in [1.807, 2.05) is 61.5 Å². The van der Waals surface area contributed by atoms with Crippen LogP contribution in [-0.4, -0.2) is 52.1 Å². The first kappa shape index (κ1) is 24.5. The first-order valence-corrected chi connectivity index (χ1v) is 12.4. The van der Waals surface area contributed by atoms with Crippen LogP contribution in [0.3, 0.4) is 0 Å². The predicted molar refractivity (Wildman–Crippen MR) is 145 cm³/mol. The minimum absolute atomic E-state index is 0.374. The number of rotatable bonds is 10. The fourth-order valence-electron chi connectivity index (χ4n) is 4.41. The maximum atomic E-state index is 6.14. The molecule has 0 spiro atoms. The van der Waals surface area contributed by atoms with Crippen LogP contribution in [0.25, 0.3) is 0 Å². The molecule has 0 unspecified atom stereocenters. The number of hydrogen-bond acceptors (Lipinski definition) is 8. The summed E-state index contributed by atoms with van der Waals surface area (Å²) in [4.78, 5) is 8.97. The Morgan fingerprint density at radius 2 is 1.16 bits per heavy atom. The van der Waals surface area contributed by atoms with Gasteiger partial charge in [-0.2, -0.15) is 0 Å². The van der Waals surface area contributed by atoms with Crippen LogP contribution in [-0.2, 0) is 13.2 Å². The van der Waals surface area contributed by atoms with E-state index in [0.29, 0.717) is 13.2 Å². The molecule has 0 radical (unpaired) electrons. The third-order valence-corrected chi connectivity index (χ3v) is 6.28. The summed E-state index contributed by atoms with van der Waals surface area (Å²) in [6.45, 7) is 6.10. The van der Waals surface area contributed by atoms with Crippen molar-refractivity contribution in [3.8, 4) is 23.0 Å². The van der Waals surface area contributed by atoms with E-state index in [9.17, 15) is 0 Å². The number of aliphatic imine (C=N–C) groups is 2. The van der Waals surface area contributed by atoms with Gasteiger partial charge < -0.3 is 29.6 Å². The summed E-state index contributed by atoms with van der Waals surface area (Å²) in [6.07, 6.45) is 0. The van der Waals surface area contributed by atoms with Gasteiger partial charge in [0, 0.05) is 41.4 Å². The van der Waals surface area contributed by atoms with E-state index in [1.54, 1.807) is 14.2 Å². The third kappa shape index (κ3) is 5.80. The van der Waals surface area contributed by atoms with E-state index in [4.69, 9.17) is 18.9 Å². The molecule has 2 heterocycles. The van der Waals surface area contributed by atoms with Crippen molar-refractivity contribution >= 4 is 11.7 Å². The zero-order valence-corrected chi connectivity index (χ0v) is 21.5. The lowest BCUT2D eigenvalue weighted by Gasteiger charge is -2.15. The van der Waals surface area contributed by atoms with E-state index in [1.165, 1.54) is 0 Å². The molecule has 3 aromatic rings. The second-order valence-electron chi connectivity index (χ2n) is 8.93. The molecule has 192 valence electrons. The van der Waals surface area contributed by atoms with Gasteiger partial charge >= 0.3 is 0 Å². The summed E-state index contributed by atoms with van der Waals surface area (Å²) >= 11 is 0. The lowest BCUT2D eigenvalue weighted by molar-refractivity contribution is 0.282. The molecule has 0 amide bonds. The first-order valence-electron chi connectivity index (χ1n) is 12.4. The molecule has 2 aliphatic heterocycles. The standard InChI is InChI=1S/C29H32N4O4/c1-19-12-24(36-17-22-6-4-20(14-26(22)34-2)28-30-8-9-31-28)16-25(13-19)37-18-23-7-5-21(15-27(23)35-3)29-32-10-11-33-29/h4-7,12-16H,8-11,17-18H2,1-3H3,(H,30,31)(H,32,33). The van der Waals surface area contributed by atoms with Crippen LogP contribution in [0.5, 0.6) is 23.0 Å². The average molecular weight is 501 g/mol. The van der Waals surface area contributed by atoms with E-state index >= 15 is 0 Å². The van der Waals surface area contributed by atoms with E-state index < -0.39 is 0 Å². The molecule has 0 bridgehead atoms. The third-order valence-electron chi connectivity index (χ3n) is 6.28. The maximum absolute atomic E-state index is 6.14. The lowest BCUT2D eigenvalue weighted by Crippen LogP contribution is -2.19. The summed E-state index contributed by atoms with van der Waals surface area (Å²) in [5.41, 5.74) is 4.99. The van der Waals surface area contributed by atoms with Crippen molar-refractivity contribution < 1.29 is 18.9 Å². The molecular formula is C29H32N4O4. The van der Waals surface area contributed by atoms with Gasteiger partial charge in [0.2, 0.25) is 0 Å². The van der Waals surface area contributed by atoms with Crippen molar-refractivity contribution in [2.24, 2.45) is 9.98 Å². The summed E-state index contributed by atoms with van der Waals surface area (Å²) in [5, 5.41) is 6.59. The minimum atomic E-state index is 0.374. The van der Waals surface area contributed by atoms with Crippen molar-refractivity contribution in [2.45, 2.75) is 20.1 Å². The quantitative estimate of drug-likeness (QED) is 0.440. The monoisotopic (exact) mass is 500 g/mol. The molecule has 0 fully saturated rings. The van der Waals surface area contributed by atoms with Gasteiger partial charge in [0.1, 0.15) is 47.9 Å². The van der Waals surface area contributed by atoms with Gasteiger partial charge in [-0.1, -0.05) is 24.3 Å². The van der Waals surface area contributed by atoms with E-state index in [-0.39, 0.29) is 0 Å². The maximum Gasteiger partial charge on any atom is 0.128 e. The summed E-state index contributed by atoms with van der Waals surface area (Å²) in [5.74, 6) is 4.81. The molecule has 0 saturated heterocycles. The number of nitrogens with zero attached hydrogens (tertiary/aromatic N) is 2. The van der Waals surface area contributed by atoms with Gasteiger partial charge in [0.25, 0.3) is 0 Å². The highest BCUT2D eigenvalue weighted by Gasteiger charge is 2.14. The molecule has 2 N–H and O–H groups in total. The Morgan fingerprint density at radius 3 is 1.57 bits per heavy atom. The number of benzene rings is 3. The Bertz CT molecular complexity index is 1240. The number of amidine groups is 2. The Hall–Kier alpha value is -4.20. The topological polar surface area (TPSA) is 85.7 Å². The Balaban J connectivity index is 1.25. The van der Waals surface area contributed by atoms with Gasteiger partial charge in [-0.05, 0) is 36.8 Å². The SMILES string of the molecule is COc1cc(C2=NCCN2)ccc1COc1cc(C)cc(OCc2ccc(C3=NCCN3)cc2OC)c1. The highest BCUT2D eigenvalue weighted by atomic mass is 16.5. The van der Waals surface area contributed by atoms with Crippen LogP contribution >= 0.6 is 0 Å². The van der Waals surface area contributed by atoms with Crippen LogP contribution < -0.4 is 29.6 Å². The second kappa shape index (κ2) is 11.2. The minimum Gasteiger partial charge on any atom is -0.496 e. The highest BCUT2D eigenvalue weighted by Crippen LogP contribution is 2.28. The number of nitrogens with one attached hydrogen (secondary N) is 2. The molecule has 8 heteroatoms. The highest BCUT2D eigenvalue weighted by molar-refractivity contribution is 6.00. The number of hydrogen-bond donors (Lipinski definition) is 2. The Kier molecular flexibility index (Phi) is 7.44. The largest absolute Gasteiger partial charge is 0.496 e. The van der Waals surface area contributed by atoms with E-state index in [2.05, 4.69) is 20.6 Å². The molecule has 2 aliphatic rings. The molecule has 0 aromatic heterocycles. The molecular weight excluding hydrogens is 468 g/mol. The second-order valence-corrected chi connectivity index (χ2v) is 8.93. The molecule has 37 heavy (non-hydrogen) atoms. The Morgan fingerprint density at radius 1 is 0.676 bits per heavy atom. The van der Waals surface area contributed by atoms with Crippen LogP contribution in [0.15, 0.2) is 64.6 Å². The molecule has 5 rings (SSSR count). The van der Waals surface area contributed by atoms with Crippen molar-refractivity contribution in [3.63, 3.8) is 0 Å². The zero-order chi connectivity index (χ0) is 25.6. The van der Waals surface area contributed by atoms with Crippen LogP contribution in [0.4, 0.5) is 0 Å². The van der Waals surface area contributed by atoms with Crippen LogP contribution in [0.2, 0.25) is 0 Å². The fraction of sp³-hybridized carbons (Fsp3) is 0.310. The average Bonchev–Trinajstić information content (AvgIpc) is 3.65. The lowest BCUT2D eigenvalue weighted by atomic mass is 10.1. The normalized spacial score (nSPS) is 14.4. The predicted octanol–water partition coefficient (Wildman–Crippen LogP) is 3.87. The van der Waals surface area contributed by atoms with Gasteiger partial charge in [-0.3, -0.25) is 9.98 Å². The van der Waals surface area contributed by atoms with Crippen LogP contribution in [0.1, 0.15) is 27.8 Å². The first-order chi connectivity index (χ1) is 18.1. The summed E-state index contributed by atoms with van der Waals surface area (Å²) in [6, 6.07) is 18.0. The molecule has 0 atom stereocenters. The Labute approximate surface area is 217 Å². The number of ether oxygens (including phenoxy) is 4. The van der Waals surface area contributed by atoms with Gasteiger partial charge in [0.15, 0.2) is 0 Å². The van der Waals surface area contributed by atoms with Crippen molar-refractivity contribution in [3.05, 3.63) is 82.4 Å². The van der Waals surface area contributed by atoms with Gasteiger partial charge in [-0.15, -0.1) is 0 Å². The van der Waals surface area contributed by atoms with Crippen LogP contribution in [0, 0.1) is 6.92 Å². The van der Waals surface area contributed by atoms with Gasteiger partial charge in [-0.25, -0.2) is 0 Å². The fourth-order valence-corrected chi connectivity index (χ4v) is 4.41. The number of methoxy groups -OCH3 is 2. The van der Waals surface area contributed by atoms with Crippen molar-refractivity contribution in [1.29, 1.82) is 0 Å². The zero-order valence-electron chi connectivity index (χ0n) is 21.5. The smallest absolute Gasteiger partial charge is 0.128 e. The van der Waals surface area contributed by atoms with Crippen molar-refractivity contribution in [1.82, 2.24) is 10.6 Å². The molecule has 0 aliphatic carbocycles. The molecule has 3 aromatic carbocycles. The summed E-state index contributed by atoms with van der Waals surface area (Å²) in [7, 11) is 3.34. The number of aryl methyl sites for hydroxylation is 1. The molecule has 8 nitrogen and oxygen atoms in total. The van der Waals surface area contributed by atoms with Crippen molar-refractivity contribution in [2.75, 3.05) is 40.4 Å². The molecule has 0 saturated carbocycles. The van der Waals surface area contributed by atoms with Gasteiger partial charge in [0.05, 0.1) is 27.3 Å². The summed E-state index contributed by atoms with van der Waals surface area (Å²) < 4.78 is 23.5. The van der Waals surface area contributed by atoms with E-state index in [0.717, 1.165) is 88.7 Å².